The van der Waals surface area contributed by atoms with Gasteiger partial charge in [0.2, 0.25) is 0 Å². The van der Waals surface area contributed by atoms with E-state index in [1.54, 1.807) is 24.3 Å². The van der Waals surface area contributed by atoms with Crippen LogP contribution in [0.3, 0.4) is 0 Å². The van der Waals surface area contributed by atoms with Gasteiger partial charge in [0.05, 0.1) is 0 Å². The van der Waals surface area contributed by atoms with Crippen molar-refractivity contribution in [3.05, 3.63) is 29.8 Å². The van der Waals surface area contributed by atoms with Crippen molar-refractivity contribution < 1.29 is 19.0 Å². The van der Waals surface area contributed by atoms with E-state index in [1.807, 2.05) is 0 Å². The normalized spacial score (nSPS) is 13.2. The van der Waals surface area contributed by atoms with Crippen LogP contribution in [0.5, 0.6) is 5.75 Å². The first-order valence-corrected chi connectivity index (χ1v) is 4.95. The molecule has 0 aromatic heterocycles. The van der Waals surface area contributed by atoms with E-state index < -0.39 is 12.3 Å². The summed E-state index contributed by atoms with van der Waals surface area (Å²) in [5.41, 5.74) is 1.08. The molecule has 0 heterocycles. The summed E-state index contributed by atoms with van der Waals surface area (Å²) in [6.07, 6.45) is -2.32. The minimum Gasteiger partial charge on any atom is -0.476 e. The smallest absolute Gasteiger partial charge is 0.378 e. The minimum atomic E-state index is -2.32. The predicted octanol–water partition coefficient (Wildman–Crippen LogP) is 2.74. The summed E-state index contributed by atoms with van der Waals surface area (Å²) in [4.78, 5) is 10.2. The van der Waals surface area contributed by atoms with Gasteiger partial charge >= 0.3 is 12.3 Å². The number of aliphatic carboxylic acids is 1. The Balaban J connectivity index is 2.76. The monoisotopic (exact) mass is 226 g/mol. The molecule has 0 aliphatic carbocycles. The average Bonchev–Trinajstić information content (AvgIpc) is 2.17. The van der Waals surface area contributed by atoms with Gasteiger partial charge in [-0.05, 0) is 23.1 Å². The fourth-order valence-electron chi connectivity index (χ4n) is 1.20. The molecule has 4 heteroatoms. The predicted molar refractivity (Wildman–Crippen MR) is 58.3 cm³/mol. The molecule has 0 radical (unpaired) electrons. The van der Waals surface area contributed by atoms with E-state index in [-0.39, 0.29) is 11.2 Å². The van der Waals surface area contributed by atoms with Gasteiger partial charge in [0, 0.05) is 0 Å². The molecule has 1 aromatic carbocycles. The second kappa shape index (κ2) is 4.51. The lowest BCUT2D eigenvalue weighted by molar-refractivity contribution is -0.153. The standard InChI is InChI=1S/C12H15FO3/c1-12(2,3)8-4-6-9(7-5-8)16-10(13)11(14)15/h4-7,10H,1-3H3,(H,14,15)/t10-/m1/s1. The van der Waals surface area contributed by atoms with E-state index in [9.17, 15) is 9.18 Å². The lowest BCUT2D eigenvalue weighted by Crippen LogP contribution is -2.21. The molecule has 16 heavy (non-hydrogen) atoms. The van der Waals surface area contributed by atoms with Gasteiger partial charge in [-0.15, -0.1) is 0 Å². The molecule has 88 valence electrons. The second-order valence-corrected chi connectivity index (χ2v) is 4.55. The number of ether oxygens (including phenoxy) is 1. The number of carboxylic acids is 1. The van der Waals surface area contributed by atoms with Crippen molar-refractivity contribution in [3.63, 3.8) is 0 Å². The first-order chi connectivity index (χ1) is 7.30. The largest absolute Gasteiger partial charge is 0.476 e. The molecule has 0 aliphatic heterocycles. The van der Waals surface area contributed by atoms with Gasteiger partial charge < -0.3 is 9.84 Å². The minimum absolute atomic E-state index is 0.000441. The molecular weight excluding hydrogens is 211 g/mol. The fraction of sp³-hybridized carbons (Fsp3) is 0.417. The maximum Gasteiger partial charge on any atom is 0.378 e. The van der Waals surface area contributed by atoms with Crippen LogP contribution in [0.25, 0.3) is 0 Å². The van der Waals surface area contributed by atoms with Crippen LogP contribution < -0.4 is 4.74 Å². The lowest BCUT2D eigenvalue weighted by atomic mass is 9.87. The third kappa shape index (κ3) is 3.22. The molecule has 0 unspecified atom stereocenters. The summed E-state index contributed by atoms with van der Waals surface area (Å²) in [6.45, 7) is 6.16. The van der Waals surface area contributed by atoms with Crippen LogP contribution in [0.1, 0.15) is 26.3 Å². The number of rotatable bonds is 3. The molecule has 0 bridgehead atoms. The number of benzene rings is 1. The highest BCUT2D eigenvalue weighted by Crippen LogP contribution is 2.24. The first-order valence-electron chi connectivity index (χ1n) is 4.95. The zero-order valence-corrected chi connectivity index (χ0v) is 9.53. The molecule has 0 spiro atoms. The van der Waals surface area contributed by atoms with Gasteiger partial charge in [0.25, 0.3) is 0 Å². The van der Waals surface area contributed by atoms with Gasteiger partial charge in [0.1, 0.15) is 5.75 Å². The molecule has 0 saturated carbocycles. The van der Waals surface area contributed by atoms with Gasteiger partial charge in [-0.2, -0.15) is 4.39 Å². The SMILES string of the molecule is CC(C)(C)c1ccc(O[C@@H](F)C(=O)O)cc1. The summed E-state index contributed by atoms with van der Waals surface area (Å²) in [7, 11) is 0. The number of carboxylic acid groups (broad SMARTS) is 1. The fourth-order valence-corrected chi connectivity index (χ4v) is 1.20. The summed E-state index contributed by atoms with van der Waals surface area (Å²) in [5.74, 6) is -1.41. The zero-order valence-electron chi connectivity index (χ0n) is 9.53. The summed E-state index contributed by atoms with van der Waals surface area (Å²) in [5, 5.41) is 8.33. The number of halogens is 1. The Labute approximate surface area is 93.9 Å². The van der Waals surface area contributed by atoms with Crippen molar-refractivity contribution in [1.29, 1.82) is 0 Å². The molecule has 0 aliphatic rings. The lowest BCUT2D eigenvalue weighted by Gasteiger charge is -2.19. The molecule has 1 rings (SSSR count). The van der Waals surface area contributed by atoms with Crippen molar-refractivity contribution in [2.24, 2.45) is 0 Å². The molecule has 1 N–H and O–H groups in total. The number of hydrogen-bond donors (Lipinski definition) is 1. The van der Waals surface area contributed by atoms with Crippen LogP contribution in [0.4, 0.5) is 4.39 Å². The first kappa shape index (κ1) is 12.5. The highest BCUT2D eigenvalue weighted by molar-refractivity contribution is 5.70. The maximum atomic E-state index is 12.7. The molecule has 1 aromatic rings. The van der Waals surface area contributed by atoms with Crippen molar-refractivity contribution in [2.75, 3.05) is 0 Å². The Hall–Kier alpha value is -1.58. The molecule has 0 fully saturated rings. The number of hydrogen-bond acceptors (Lipinski definition) is 2. The summed E-state index contributed by atoms with van der Waals surface area (Å²) < 4.78 is 17.3. The highest BCUT2D eigenvalue weighted by atomic mass is 19.1. The molecule has 1 atom stereocenters. The van der Waals surface area contributed by atoms with Crippen molar-refractivity contribution >= 4 is 5.97 Å². The van der Waals surface area contributed by atoms with Crippen LogP contribution in [-0.2, 0) is 10.2 Å². The third-order valence-corrected chi connectivity index (χ3v) is 2.15. The Morgan fingerprint density at radius 2 is 1.81 bits per heavy atom. The van der Waals surface area contributed by atoms with Gasteiger partial charge in [-0.3, -0.25) is 0 Å². The van der Waals surface area contributed by atoms with Gasteiger partial charge in [-0.25, -0.2) is 4.79 Å². The molecular formula is C12H15FO3. The second-order valence-electron chi connectivity index (χ2n) is 4.55. The summed E-state index contributed by atoms with van der Waals surface area (Å²) in [6, 6.07) is 6.72. The molecule has 3 nitrogen and oxygen atoms in total. The summed E-state index contributed by atoms with van der Waals surface area (Å²) >= 11 is 0. The van der Waals surface area contributed by atoms with Gasteiger partial charge in [0.15, 0.2) is 0 Å². The third-order valence-electron chi connectivity index (χ3n) is 2.15. The topological polar surface area (TPSA) is 46.5 Å². The van der Waals surface area contributed by atoms with E-state index in [0.717, 1.165) is 5.56 Å². The Morgan fingerprint density at radius 3 is 2.19 bits per heavy atom. The zero-order chi connectivity index (χ0) is 12.3. The van der Waals surface area contributed by atoms with Crippen LogP contribution in [-0.4, -0.2) is 17.4 Å². The van der Waals surface area contributed by atoms with E-state index >= 15 is 0 Å². The van der Waals surface area contributed by atoms with Crippen LogP contribution in [0.2, 0.25) is 0 Å². The van der Waals surface area contributed by atoms with E-state index in [1.165, 1.54) is 0 Å². The Morgan fingerprint density at radius 1 is 1.31 bits per heavy atom. The quantitative estimate of drug-likeness (QED) is 0.862. The number of alkyl halides is 1. The Bertz CT molecular complexity index is 365. The number of carbonyl (C=O) groups is 1. The van der Waals surface area contributed by atoms with Crippen molar-refractivity contribution in [1.82, 2.24) is 0 Å². The highest BCUT2D eigenvalue weighted by Gasteiger charge is 2.18. The van der Waals surface area contributed by atoms with Crippen molar-refractivity contribution in [2.45, 2.75) is 32.5 Å². The van der Waals surface area contributed by atoms with Crippen LogP contribution in [0.15, 0.2) is 24.3 Å². The van der Waals surface area contributed by atoms with E-state index in [2.05, 4.69) is 25.5 Å². The maximum absolute atomic E-state index is 12.7. The molecule has 0 saturated heterocycles. The molecule has 0 amide bonds. The van der Waals surface area contributed by atoms with Gasteiger partial charge in [-0.1, -0.05) is 32.9 Å². The van der Waals surface area contributed by atoms with Crippen LogP contribution >= 0.6 is 0 Å². The van der Waals surface area contributed by atoms with Crippen LogP contribution in [0, 0.1) is 0 Å². The average molecular weight is 226 g/mol. The van der Waals surface area contributed by atoms with E-state index in [0.29, 0.717) is 0 Å². The Kier molecular flexibility index (Phi) is 3.52. The van der Waals surface area contributed by atoms with Crippen molar-refractivity contribution in [3.8, 4) is 5.75 Å². The van der Waals surface area contributed by atoms with E-state index in [4.69, 9.17) is 5.11 Å².